The standard InChI is InChI=1S/C17H8NOS.C5H8O2.Ir/c1-4-10-15-13(7-1)20-14-8-2-5-11(16(14)15)19-12-6-3-9-18-17(10)12;1-4(6)3-5(2)7;/h1-3,5-9H;3,6H,1-2H3;/q-1;;/b;4-3-;. The number of aromatic nitrogens is 1. The molecule has 0 spiro atoms. The molecule has 0 fully saturated rings. The second-order valence-corrected chi connectivity index (χ2v) is 7.26. The number of fused-ring (bicyclic) bond motifs is 2. The van der Waals surface area contributed by atoms with E-state index in [1.807, 2.05) is 30.3 Å². The van der Waals surface area contributed by atoms with Gasteiger partial charge in [0.15, 0.2) is 5.78 Å². The van der Waals surface area contributed by atoms with Gasteiger partial charge in [-0.2, -0.15) is 11.3 Å². The summed E-state index contributed by atoms with van der Waals surface area (Å²) in [6.07, 6.45) is 2.97. The van der Waals surface area contributed by atoms with Crippen LogP contribution >= 0.6 is 11.3 Å². The molecule has 0 saturated heterocycles. The van der Waals surface area contributed by atoms with Gasteiger partial charge in [0.2, 0.25) is 0 Å². The molecule has 3 aromatic heterocycles. The fourth-order valence-electron chi connectivity index (χ4n) is 3.12. The van der Waals surface area contributed by atoms with Crippen molar-refractivity contribution >= 4 is 59.4 Å². The average molecular weight is 567 g/mol. The fourth-order valence-corrected chi connectivity index (χ4v) is 4.25. The molecule has 1 N–H and O–H groups in total. The summed E-state index contributed by atoms with van der Waals surface area (Å²) in [5.41, 5.74) is 2.57. The summed E-state index contributed by atoms with van der Waals surface area (Å²) < 4.78 is 8.60. The normalized spacial score (nSPS) is 11.4. The van der Waals surface area contributed by atoms with Crippen molar-refractivity contribution in [2.45, 2.75) is 13.8 Å². The van der Waals surface area contributed by atoms with Gasteiger partial charge in [-0.25, -0.2) is 0 Å². The van der Waals surface area contributed by atoms with E-state index in [4.69, 9.17) is 9.52 Å². The van der Waals surface area contributed by atoms with Gasteiger partial charge in [0.05, 0.1) is 5.76 Å². The Balaban J connectivity index is 0.000000246. The molecule has 0 unspecified atom stereocenters. The second kappa shape index (κ2) is 8.23. The van der Waals surface area contributed by atoms with Crippen molar-refractivity contribution in [1.29, 1.82) is 0 Å². The molecule has 5 aromatic rings. The van der Waals surface area contributed by atoms with Crippen molar-refractivity contribution in [3.8, 4) is 0 Å². The minimum atomic E-state index is -0.125. The van der Waals surface area contributed by atoms with Crippen LogP contribution < -0.4 is 0 Å². The third kappa shape index (κ3) is 3.72. The molecular formula is C22H16IrNO3S-. The van der Waals surface area contributed by atoms with Gasteiger partial charge in [-0.05, 0) is 42.8 Å². The van der Waals surface area contributed by atoms with Gasteiger partial charge in [0.25, 0.3) is 0 Å². The van der Waals surface area contributed by atoms with Crippen molar-refractivity contribution in [3.05, 3.63) is 66.6 Å². The molecule has 6 heteroatoms. The quantitative estimate of drug-likeness (QED) is 0.150. The molecule has 2 aromatic carbocycles. The third-order valence-electron chi connectivity index (χ3n) is 4.06. The smallest absolute Gasteiger partial charge is 0.155 e. The maximum Gasteiger partial charge on any atom is 0.155 e. The Hall–Kier alpha value is -2.53. The predicted octanol–water partition coefficient (Wildman–Crippen LogP) is 6.18. The molecule has 1 radical (unpaired) electrons. The summed E-state index contributed by atoms with van der Waals surface area (Å²) in [5.74, 6) is -0.0625. The van der Waals surface area contributed by atoms with E-state index in [9.17, 15) is 4.79 Å². The number of hydrogen-bond donors (Lipinski definition) is 1. The monoisotopic (exact) mass is 567 g/mol. The Bertz CT molecular complexity index is 1330. The Kier molecular flexibility index (Phi) is 5.94. The van der Waals surface area contributed by atoms with Crippen LogP contribution in [-0.2, 0) is 24.9 Å². The topological polar surface area (TPSA) is 63.3 Å². The molecule has 5 rings (SSSR count). The van der Waals surface area contributed by atoms with Crippen LogP contribution in [0.15, 0.2) is 64.9 Å². The number of carbonyl (C=O) groups is 1. The van der Waals surface area contributed by atoms with Crippen molar-refractivity contribution in [2.24, 2.45) is 0 Å². The van der Waals surface area contributed by atoms with Crippen LogP contribution in [0.25, 0.3) is 42.2 Å². The molecule has 28 heavy (non-hydrogen) atoms. The van der Waals surface area contributed by atoms with Gasteiger partial charge in [-0.15, -0.1) is 23.6 Å². The first-order valence-corrected chi connectivity index (χ1v) is 9.23. The maximum absolute atomic E-state index is 10.0. The predicted molar refractivity (Wildman–Crippen MR) is 110 cm³/mol. The van der Waals surface area contributed by atoms with Crippen LogP contribution in [0.3, 0.4) is 0 Å². The molecule has 0 aliphatic carbocycles. The number of rotatable bonds is 1. The summed E-state index contributed by atoms with van der Waals surface area (Å²) in [7, 11) is 0. The van der Waals surface area contributed by atoms with E-state index in [0.717, 1.165) is 22.1 Å². The van der Waals surface area contributed by atoms with Gasteiger partial charge in [0, 0.05) is 48.0 Å². The van der Waals surface area contributed by atoms with E-state index < -0.39 is 0 Å². The van der Waals surface area contributed by atoms with Crippen molar-refractivity contribution in [3.63, 3.8) is 0 Å². The van der Waals surface area contributed by atoms with Crippen LogP contribution in [0.2, 0.25) is 0 Å². The first-order chi connectivity index (χ1) is 13.0. The maximum atomic E-state index is 10.0. The van der Waals surface area contributed by atoms with E-state index in [0.29, 0.717) is 0 Å². The Morgan fingerprint density at radius 3 is 2.57 bits per heavy atom. The number of aliphatic hydroxyl groups excluding tert-OH is 1. The number of carbonyl (C=O) groups excluding carboxylic acids is 1. The summed E-state index contributed by atoms with van der Waals surface area (Å²) in [5, 5.41) is 11.8. The van der Waals surface area contributed by atoms with Crippen LogP contribution in [0.1, 0.15) is 13.8 Å². The van der Waals surface area contributed by atoms with E-state index in [1.165, 1.54) is 40.1 Å². The van der Waals surface area contributed by atoms with Gasteiger partial charge in [0.1, 0.15) is 11.2 Å². The van der Waals surface area contributed by atoms with Gasteiger partial charge in [-0.1, -0.05) is 11.5 Å². The van der Waals surface area contributed by atoms with Crippen LogP contribution in [0.4, 0.5) is 0 Å². The molecule has 0 saturated carbocycles. The zero-order chi connectivity index (χ0) is 19.0. The van der Waals surface area contributed by atoms with E-state index in [2.05, 4.69) is 23.2 Å². The Labute approximate surface area is 178 Å². The van der Waals surface area contributed by atoms with Gasteiger partial charge in [-0.3, -0.25) is 4.79 Å². The molecule has 4 nitrogen and oxygen atoms in total. The van der Waals surface area contributed by atoms with E-state index in [1.54, 1.807) is 17.5 Å². The molecule has 0 aliphatic rings. The molecule has 143 valence electrons. The zero-order valence-electron chi connectivity index (χ0n) is 15.1. The van der Waals surface area contributed by atoms with Crippen LogP contribution in [-0.4, -0.2) is 15.9 Å². The van der Waals surface area contributed by atoms with Gasteiger partial charge >= 0.3 is 0 Å². The average Bonchev–Trinajstić information content (AvgIpc) is 2.93. The number of pyridine rings is 1. The van der Waals surface area contributed by atoms with Crippen molar-refractivity contribution < 1.29 is 34.4 Å². The fraction of sp³-hybridized carbons (Fsp3) is 0.0909. The molecular weight excluding hydrogens is 551 g/mol. The molecule has 3 heterocycles. The number of aliphatic hydroxyl groups is 1. The van der Waals surface area contributed by atoms with Gasteiger partial charge < -0.3 is 14.5 Å². The minimum Gasteiger partial charge on any atom is -0.512 e. The number of ketones is 1. The first kappa shape index (κ1) is 20.2. The number of hydrogen-bond acceptors (Lipinski definition) is 5. The summed E-state index contributed by atoms with van der Waals surface area (Å²) >= 11 is 1.79. The largest absolute Gasteiger partial charge is 0.512 e. The van der Waals surface area contributed by atoms with E-state index >= 15 is 0 Å². The van der Waals surface area contributed by atoms with E-state index in [-0.39, 0.29) is 31.6 Å². The SMILES string of the molecule is CC(=O)/C=C(/C)O.[Ir].[c-]1ccc2sc3cccc4oc5cccnc5c1c2c43. The number of nitrogens with zero attached hydrogens (tertiary/aromatic N) is 1. The van der Waals surface area contributed by atoms with Crippen LogP contribution in [0.5, 0.6) is 0 Å². The summed E-state index contributed by atoms with van der Waals surface area (Å²) in [6, 6.07) is 17.5. The molecule has 0 aliphatic heterocycles. The number of benzene rings is 2. The Morgan fingerprint density at radius 1 is 1.11 bits per heavy atom. The Morgan fingerprint density at radius 2 is 1.86 bits per heavy atom. The second-order valence-electron chi connectivity index (χ2n) is 6.17. The zero-order valence-corrected chi connectivity index (χ0v) is 18.4. The molecule has 0 amide bonds. The molecule has 0 bridgehead atoms. The summed E-state index contributed by atoms with van der Waals surface area (Å²) in [4.78, 5) is 14.5. The number of thiophene rings is 1. The molecule has 0 atom stereocenters. The minimum absolute atomic E-state index is 0. The van der Waals surface area contributed by atoms with Crippen molar-refractivity contribution in [1.82, 2.24) is 4.98 Å². The first-order valence-electron chi connectivity index (χ1n) is 8.41. The van der Waals surface area contributed by atoms with Crippen molar-refractivity contribution in [2.75, 3.05) is 0 Å². The van der Waals surface area contributed by atoms with Crippen LogP contribution in [0, 0.1) is 6.07 Å². The number of allylic oxidation sites excluding steroid dienone is 2. The summed E-state index contributed by atoms with van der Waals surface area (Å²) in [6.45, 7) is 2.85. The third-order valence-corrected chi connectivity index (χ3v) is 5.18.